The highest BCUT2D eigenvalue weighted by Crippen LogP contribution is 2.26. The Balaban J connectivity index is 1.81. The van der Waals surface area contributed by atoms with Crippen LogP contribution in [-0.4, -0.2) is 30.8 Å². The van der Waals surface area contributed by atoms with Crippen LogP contribution in [0.25, 0.3) is 0 Å². The van der Waals surface area contributed by atoms with Crippen LogP contribution >= 0.6 is 11.6 Å². The number of nitro groups is 1. The minimum atomic E-state index is -2.29. The van der Waals surface area contributed by atoms with Crippen molar-refractivity contribution in [3.05, 3.63) is 67.7 Å². The molecule has 0 spiro atoms. The second-order valence-corrected chi connectivity index (χ2v) is 5.77. The molecule has 0 aliphatic heterocycles. The van der Waals surface area contributed by atoms with Crippen molar-refractivity contribution in [2.45, 2.75) is 6.54 Å². The number of carbonyl (C=O) groups is 1. The first-order chi connectivity index (χ1) is 13.6. The summed E-state index contributed by atoms with van der Waals surface area (Å²) in [6, 6.07) is 1.14. The van der Waals surface area contributed by atoms with E-state index in [4.69, 9.17) is 11.6 Å². The number of hydrogen-bond acceptors (Lipinski definition) is 5. The molecule has 0 aliphatic carbocycles. The van der Waals surface area contributed by atoms with E-state index in [-0.39, 0.29) is 5.82 Å². The third-order valence-corrected chi connectivity index (χ3v) is 3.95. The molecule has 152 valence electrons. The van der Waals surface area contributed by atoms with Crippen molar-refractivity contribution >= 4 is 29.1 Å². The van der Waals surface area contributed by atoms with Gasteiger partial charge in [-0.25, -0.2) is 22.0 Å². The number of nitrogens with one attached hydrogen (secondary N) is 2. The fraction of sp³-hybridized carbons (Fsp3) is 0.0714. The molecule has 0 radical (unpaired) electrons. The van der Waals surface area contributed by atoms with E-state index in [1.54, 1.807) is 0 Å². The fourth-order valence-corrected chi connectivity index (χ4v) is 2.47. The lowest BCUT2D eigenvalue weighted by atomic mass is 10.1. The van der Waals surface area contributed by atoms with Gasteiger partial charge in [0.25, 0.3) is 5.91 Å². The number of rotatable bonds is 5. The summed E-state index contributed by atoms with van der Waals surface area (Å²) in [4.78, 5) is 21.8. The maximum Gasteiger partial charge on any atom is 0.362 e. The van der Waals surface area contributed by atoms with Crippen LogP contribution in [0, 0.1) is 39.2 Å². The van der Waals surface area contributed by atoms with Crippen molar-refractivity contribution in [1.29, 1.82) is 0 Å². The lowest BCUT2D eigenvalue weighted by molar-refractivity contribution is -0.389. The van der Waals surface area contributed by atoms with E-state index in [1.807, 2.05) is 5.10 Å². The second-order valence-electron chi connectivity index (χ2n) is 5.39. The van der Waals surface area contributed by atoms with E-state index in [9.17, 15) is 36.9 Å². The number of H-pyrrole nitrogens is 1. The molecule has 0 atom stereocenters. The molecular formula is C14H6ClF5N6O3. The summed E-state index contributed by atoms with van der Waals surface area (Å²) < 4.78 is 67.8. The fourth-order valence-electron chi connectivity index (χ4n) is 2.23. The molecule has 0 bridgehead atoms. The maximum atomic E-state index is 13.7. The van der Waals surface area contributed by atoms with Gasteiger partial charge in [0.2, 0.25) is 5.82 Å². The average Bonchev–Trinajstić information content (AvgIpc) is 3.28. The Labute approximate surface area is 161 Å². The van der Waals surface area contributed by atoms with E-state index >= 15 is 0 Å². The molecule has 0 saturated heterocycles. The Kier molecular flexibility index (Phi) is 5.19. The van der Waals surface area contributed by atoms with Crippen LogP contribution in [0.15, 0.2) is 12.3 Å². The van der Waals surface area contributed by atoms with Crippen molar-refractivity contribution in [2.75, 3.05) is 5.32 Å². The number of aromatic nitrogens is 4. The lowest BCUT2D eigenvalue weighted by Crippen LogP contribution is -2.15. The highest BCUT2D eigenvalue weighted by atomic mass is 35.5. The zero-order valence-corrected chi connectivity index (χ0v) is 14.4. The molecule has 2 N–H and O–H groups in total. The molecular weight excluding hydrogens is 431 g/mol. The average molecular weight is 437 g/mol. The highest BCUT2D eigenvalue weighted by molar-refractivity contribution is 6.35. The number of nitrogens with zero attached hydrogens (tertiary/aromatic N) is 4. The molecule has 0 saturated carbocycles. The van der Waals surface area contributed by atoms with Gasteiger partial charge in [-0.15, -0.1) is 5.10 Å². The summed E-state index contributed by atoms with van der Waals surface area (Å²) in [5, 5.41) is 21.3. The quantitative estimate of drug-likeness (QED) is 0.209. The Morgan fingerprint density at radius 2 is 1.76 bits per heavy atom. The SMILES string of the molecule is O=C(Nc1ccn(Cc2c(F)c(F)c(F)c(F)c2F)n1)c1n[nH]c([N+](=O)[O-])c1Cl. The molecule has 0 unspecified atom stereocenters. The summed E-state index contributed by atoms with van der Waals surface area (Å²) in [5.41, 5.74) is -1.65. The molecule has 2 heterocycles. The zero-order valence-electron chi connectivity index (χ0n) is 13.6. The Hall–Kier alpha value is -3.55. The van der Waals surface area contributed by atoms with Crippen LogP contribution in [0.2, 0.25) is 5.02 Å². The summed E-state index contributed by atoms with van der Waals surface area (Å²) in [6.45, 7) is -0.837. The summed E-state index contributed by atoms with van der Waals surface area (Å²) in [5.74, 6) is -12.4. The number of hydrogen-bond donors (Lipinski definition) is 2. The first kappa shape index (κ1) is 20.2. The van der Waals surface area contributed by atoms with E-state index < -0.39 is 68.6 Å². The molecule has 0 aliphatic rings. The van der Waals surface area contributed by atoms with Gasteiger partial charge in [-0.2, -0.15) is 5.10 Å². The van der Waals surface area contributed by atoms with Crippen molar-refractivity contribution in [1.82, 2.24) is 20.0 Å². The first-order valence-corrected chi connectivity index (χ1v) is 7.73. The lowest BCUT2D eigenvalue weighted by Gasteiger charge is -2.08. The van der Waals surface area contributed by atoms with Gasteiger partial charge in [-0.1, -0.05) is 16.7 Å². The molecule has 3 aromatic rings. The molecule has 9 nitrogen and oxygen atoms in total. The van der Waals surface area contributed by atoms with Crippen molar-refractivity contribution in [3.63, 3.8) is 0 Å². The molecule has 3 rings (SSSR count). The summed E-state index contributed by atoms with van der Waals surface area (Å²) in [7, 11) is 0. The van der Waals surface area contributed by atoms with Gasteiger partial charge in [-0.05, 0) is 4.92 Å². The molecule has 29 heavy (non-hydrogen) atoms. The van der Waals surface area contributed by atoms with Crippen LogP contribution in [0.5, 0.6) is 0 Å². The molecule has 0 fully saturated rings. The van der Waals surface area contributed by atoms with Crippen LogP contribution in [-0.2, 0) is 6.54 Å². The number of anilines is 1. The predicted octanol–water partition coefficient (Wildman–Crippen LogP) is 3.16. The molecule has 15 heteroatoms. The van der Waals surface area contributed by atoms with E-state index in [1.165, 1.54) is 0 Å². The highest BCUT2D eigenvalue weighted by Gasteiger charge is 2.27. The van der Waals surface area contributed by atoms with E-state index in [0.717, 1.165) is 16.9 Å². The third kappa shape index (κ3) is 3.61. The van der Waals surface area contributed by atoms with Gasteiger partial charge in [0.05, 0.1) is 12.1 Å². The third-order valence-electron chi connectivity index (χ3n) is 3.59. The number of aromatic amines is 1. The summed E-state index contributed by atoms with van der Waals surface area (Å²) >= 11 is 5.66. The maximum absolute atomic E-state index is 13.7. The van der Waals surface area contributed by atoms with E-state index in [2.05, 4.69) is 15.5 Å². The summed E-state index contributed by atoms with van der Waals surface area (Å²) in [6.07, 6.45) is 1.09. The molecule has 2 aromatic heterocycles. The van der Waals surface area contributed by atoms with Crippen LogP contribution in [0.4, 0.5) is 33.6 Å². The van der Waals surface area contributed by atoms with Gasteiger partial charge in [0.15, 0.2) is 39.8 Å². The Morgan fingerprint density at radius 1 is 1.17 bits per heavy atom. The van der Waals surface area contributed by atoms with Crippen LogP contribution < -0.4 is 5.32 Å². The van der Waals surface area contributed by atoms with Crippen LogP contribution in [0.1, 0.15) is 16.1 Å². The zero-order chi connectivity index (χ0) is 21.5. The second kappa shape index (κ2) is 7.46. The Morgan fingerprint density at radius 3 is 2.31 bits per heavy atom. The van der Waals surface area contributed by atoms with Gasteiger partial charge in [0.1, 0.15) is 0 Å². The largest absolute Gasteiger partial charge is 0.362 e. The Bertz CT molecular complexity index is 1120. The smallest absolute Gasteiger partial charge is 0.358 e. The monoisotopic (exact) mass is 436 g/mol. The van der Waals surface area contributed by atoms with Crippen molar-refractivity contribution < 1.29 is 31.7 Å². The van der Waals surface area contributed by atoms with E-state index in [0.29, 0.717) is 0 Å². The standard InChI is InChI=1S/C14H6ClF5N6O3/c15-6-12(22-23-13(6)26(28)29)14(27)21-5-1-2-25(24-5)3-4-7(16)9(18)11(20)10(19)8(4)17/h1-2H,3H2,(H,22,23)(H,21,24,27). The number of carbonyl (C=O) groups excluding carboxylic acids is 1. The normalized spacial score (nSPS) is 11.0. The number of benzene rings is 1. The van der Waals surface area contributed by atoms with Crippen molar-refractivity contribution in [3.8, 4) is 0 Å². The van der Waals surface area contributed by atoms with Gasteiger partial charge >= 0.3 is 5.82 Å². The molecule has 1 aromatic carbocycles. The number of halogens is 6. The first-order valence-electron chi connectivity index (χ1n) is 7.35. The van der Waals surface area contributed by atoms with Gasteiger partial charge in [-0.3, -0.25) is 9.48 Å². The van der Waals surface area contributed by atoms with Gasteiger partial charge < -0.3 is 15.4 Å². The minimum Gasteiger partial charge on any atom is -0.358 e. The predicted molar refractivity (Wildman–Crippen MR) is 85.8 cm³/mol. The molecule has 1 amide bonds. The minimum absolute atomic E-state index is 0.208. The number of amides is 1. The van der Waals surface area contributed by atoms with Crippen molar-refractivity contribution in [2.24, 2.45) is 0 Å². The van der Waals surface area contributed by atoms with Crippen LogP contribution in [0.3, 0.4) is 0 Å². The topological polar surface area (TPSA) is 119 Å². The van der Waals surface area contributed by atoms with Gasteiger partial charge in [0, 0.05) is 12.3 Å².